The third kappa shape index (κ3) is 4.10. The number of rotatable bonds is 6. The molecule has 0 spiro atoms. The summed E-state index contributed by atoms with van der Waals surface area (Å²) in [7, 11) is 0. The monoisotopic (exact) mass is 417 g/mol. The summed E-state index contributed by atoms with van der Waals surface area (Å²) < 4.78 is 1.38. The predicted molar refractivity (Wildman–Crippen MR) is 112 cm³/mol. The fraction of sp³-hybridized carbons (Fsp3) is 0.474. The van der Waals surface area contributed by atoms with E-state index < -0.39 is 0 Å². The highest BCUT2D eigenvalue weighted by molar-refractivity contribution is 7.20. The lowest BCUT2D eigenvalue weighted by Gasteiger charge is -2.30. The molecular weight excluding hydrogens is 394 g/mol. The summed E-state index contributed by atoms with van der Waals surface area (Å²) in [5.74, 6) is 0.187. The Hall–Kier alpha value is -2.26. The molecule has 3 aromatic rings. The Labute approximate surface area is 171 Å². The molecule has 0 radical (unpaired) electrons. The van der Waals surface area contributed by atoms with E-state index in [1.165, 1.54) is 20.7 Å². The molecule has 4 heterocycles. The molecule has 1 fully saturated rings. The maximum atomic E-state index is 12.4. The van der Waals surface area contributed by atoms with E-state index in [0.717, 1.165) is 49.6 Å². The smallest absolute Gasteiger partial charge is 0.275 e. The molecule has 7 nitrogen and oxygen atoms in total. The average molecular weight is 418 g/mol. The number of nitrogens with one attached hydrogen (secondary N) is 1. The van der Waals surface area contributed by atoms with Crippen LogP contribution in [-0.4, -0.2) is 40.1 Å². The average Bonchev–Trinajstić information content (AvgIpc) is 3.38. The second-order valence-corrected chi connectivity index (χ2v) is 8.87. The lowest BCUT2D eigenvalue weighted by atomic mass is 9.96. The van der Waals surface area contributed by atoms with Gasteiger partial charge in [-0.15, -0.1) is 16.4 Å². The summed E-state index contributed by atoms with van der Waals surface area (Å²) in [5.41, 5.74) is 0.655. The second-order valence-electron chi connectivity index (χ2n) is 6.90. The standard InChI is InChI=1S/C19H23N5O2S2/c1-2-14-12-16(25)24-18(21-14)28-19(22-24)23-9-6-13(7-10-23)17(26)20-8-5-15-4-3-11-27-15/h3-4,11-13H,2,5-10H2,1H3,(H,20,26). The second kappa shape index (κ2) is 8.40. The van der Waals surface area contributed by atoms with Crippen molar-refractivity contribution in [1.29, 1.82) is 0 Å². The Balaban J connectivity index is 1.33. The van der Waals surface area contributed by atoms with Crippen molar-refractivity contribution in [1.82, 2.24) is 19.9 Å². The molecule has 4 rings (SSSR count). The van der Waals surface area contributed by atoms with Crippen LogP contribution in [0.1, 0.15) is 30.3 Å². The predicted octanol–water partition coefficient (Wildman–Crippen LogP) is 2.35. The topological polar surface area (TPSA) is 79.6 Å². The van der Waals surface area contributed by atoms with Gasteiger partial charge in [-0.3, -0.25) is 9.59 Å². The van der Waals surface area contributed by atoms with Gasteiger partial charge < -0.3 is 10.2 Å². The first kappa shape index (κ1) is 19.1. The molecule has 0 atom stereocenters. The SMILES string of the molecule is CCc1cc(=O)n2nc(N3CCC(C(=O)NCCc4cccs4)CC3)sc2n1. The van der Waals surface area contributed by atoms with Crippen molar-refractivity contribution >= 4 is 38.7 Å². The number of amides is 1. The third-order valence-electron chi connectivity index (χ3n) is 5.04. The minimum absolute atomic E-state index is 0.0431. The summed E-state index contributed by atoms with van der Waals surface area (Å²) in [5, 5.41) is 10.4. The van der Waals surface area contributed by atoms with Crippen molar-refractivity contribution in [3.63, 3.8) is 0 Å². The van der Waals surface area contributed by atoms with E-state index in [4.69, 9.17) is 0 Å². The first-order valence-corrected chi connectivity index (χ1v) is 11.3. The van der Waals surface area contributed by atoms with E-state index in [1.54, 1.807) is 17.4 Å². The van der Waals surface area contributed by atoms with E-state index >= 15 is 0 Å². The van der Waals surface area contributed by atoms with Crippen LogP contribution in [-0.2, 0) is 17.6 Å². The number of piperidine rings is 1. The molecule has 1 aliphatic rings. The Morgan fingerprint density at radius 1 is 1.36 bits per heavy atom. The summed E-state index contributed by atoms with van der Waals surface area (Å²) in [6.45, 7) is 4.19. The Kier molecular flexibility index (Phi) is 5.72. The van der Waals surface area contributed by atoms with E-state index in [2.05, 4.69) is 31.7 Å². The van der Waals surface area contributed by atoms with E-state index in [-0.39, 0.29) is 17.4 Å². The highest BCUT2D eigenvalue weighted by atomic mass is 32.1. The lowest BCUT2D eigenvalue weighted by Crippen LogP contribution is -2.41. The minimum atomic E-state index is -0.135. The zero-order valence-corrected chi connectivity index (χ0v) is 17.4. The zero-order valence-electron chi connectivity index (χ0n) is 15.8. The van der Waals surface area contributed by atoms with Crippen molar-refractivity contribution in [3.8, 4) is 0 Å². The van der Waals surface area contributed by atoms with Gasteiger partial charge in [0.2, 0.25) is 16.0 Å². The normalized spacial score (nSPS) is 15.2. The largest absolute Gasteiger partial charge is 0.355 e. The van der Waals surface area contributed by atoms with Gasteiger partial charge in [-0.2, -0.15) is 4.52 Å². The number of fused-ring (bicyclic) bond motifs is 1. The number of hydrogen-bond donors (Lipinski definition) is 1. The number of carbonyl (C=O) groups is 1. The van der Waals surface area contributed by atoms with Crippen LogP contribution in [0, 0.1) is 5.92 Å². The van der Waals surface area contributed by atoms with Gasteiger partial charge in [-0.05, 0) is 37.1 Å². The molecule has 0 saturated carbocycles. The summed E-state index contributed by atoms with van der Waals surface area (Å²) >= 11 is 3.16. The molecule has 0 aromatic carbocycles. The molecule has 9 heteroatoms. The van der Waals surface area contributed by atoms with Crippen LogP contribution in [0.25, 0.3) is 4.96 Å². The molecule has 0 unspecified atom stereocenters. The minimum Gasteiger partial charge on any atom is -0.355 e. The summed E-state index contributed by atoms with van der Waals surface area (Å²) in [4.78, 5) is 33.2. The number of hydrogen-bond acceptors (Lipinski definition) is 7. The van der Waals surface area contributed by atoms with Crippen molar-refractivity contribution in [2.75, 3.05) is 24.5 Å². The van der Waals surface area contributed by atoms with Crippen molar-refractivity contribution in [2.45, 2.75) is 32.6 Å². The van der Waals surface area contributed by atoms with Gasteiger partial charge >= 0.3 is 0 Å². The van der Waals surface area contributed by atoms with Gasteiger partial charge in [0, 0.05) is 42.2 Å². The van der Waals surface area contributed by atoms with Gasteiger partial charge in [-0.1, -0.05) is 24.3 Å². The number of carbonyl (C=O) groups excluding carboxylic acids is 1. The van der Waals surface area contributed by atoms with Gasteiger partial charge in [0.05, 0.1) is 0 Å². The van der Waals surface area contributed by atoms with Crippen molar-refractivity contribution in [2.24, 2.45) is 5.92 Å². The molecule has 0 bridgehead atoms. The molecular formula is C19H23N5O2S2. The van der Waals surface area contributed by atoms with Gasteiger partial charge in [0.25, 0.3) is 5.56 Å². The fourth-order valence-electron chi connectivity index (χ4n) is 3.40. The van der Waals surface area contributed by atoms with Gasteiger partial charge in [0.15, 0.2) is 0 Å². The number of thiophene rings is 1. The molecule has 148 valence electrons. The number of anilines is 1. The molecule has 1 amide bonds. The van der Waals surface area contributed by atoms with Crippen molar-refractivity contribution < 1.29 is 4.79 Å². The van der Waals surface area contributed by atoms with Gasteiger partial charge in [-0.25, -0.2) is 4.98 Å². The van der Waals surface area contributed by atoms with Crippen LogP contribution in [0.2, 0.25) is 0 Å². The van der Waals surface area contributed by atoms with Crippen LogP contribution >= 0.6 is 22.7 Å². The number of aromatic nitrogens is 3. The van der Waals surface area contributed by atoms with Crippen molar-refractivity contribution in [3.05, 3.63) is 44.5 Å². The quantitative estimate of drug-likeness (QED) is 0.666. The Bertz CT molecular complexity index is 1000. The highest BCUT2D eigenvalue weighted by Gasteiger charge is 2.26. The number of aryl methyl sites for hydroxylation is 1. The number of nitrogens with zero attached hydrogens (tertiary/aromatic N) is 4. The summed E-state index contributed by atoms with van der Waals surface area (Å²) in [6.07, 6.45) is 3.20. The van der Waals surface area contributed by atoms with E-state index in [1.807, 2.05) is 13.0 Å². The van der Waals surface area contributed by atoms with Gasteiger partial charge in [0.1, 0.15) is 0 Å². The van der Waals surface area contributed by atoms with E-state index in [9.17, 15) is 9.59 Å². The van der Waals surface area contributed by atoms with Crippen LogP contribution < -0.4 is 15.8 Å². The first-order chi connectivity index (χ1) is 13.6. The van der Waals surface area contributed by atoms with Crippen LogP contribution in [0.15, 0.2) is 28.4 Å². The van der Waals surface area contributed by atoms with Crippen LogP contribution in [0.4, 0.5) is 5.13 Å². The molecule has 1 aliphatic heterocycles. The summed E-state index contributed by atoms with van der Waals surface area (Å²) in [6, 6.07) is 5.67. The molecule has 3 aromatic heterocycles. The Morgan fingerprint density at radius 2 is 2.18 bits per heavy atom. The molecule has 1 N–H and O–H groups in total. The molecule has 1 saturated heterocycles. The maximum Gasteiger partial charge on any atom is 0.275 e. The third-order valence-corrected chi connectivity index (χ3v) is 6.94. The van der Waals surface area contributed by atoms with E-state index in [0.29, 0.717) is 11.5 Å². The van der Waals surface area contributed by atoms with Crippen LogP contribution in [0.5, 0.6) is 0 Å². The Morgan fingerprint density at radius 3 is 2.89 bits per heavy atom. The lowest BCUT2D eigenvalue weighted by molar-refractivity contribution is -0.125. The zero-order chi connectivity index (χ0) is 19.5. The fourth-order valence-corrected chi connectivity index (χ4v) is 5.08. The maximum absolute atomic E-state index is 12.4. The van der Waals surface area contributed by atoms with Crippen LogP contribution in [0.3, 0.4) is 0 Å². The molecule has 28 heavy (non-hydrogen) atoms. The first-order valence-electron chi connectivity index (χ1n) is 9.59. The molecule has 0 aliphatic carbocycles. The highest BCUT2D eigenvalue weighted by Crippen LogP contribution is 2.27.